The van der Waals surface area contributed by atoms with Crippen molar-refractivity contribution in [3.63, 3.8) is 0 Å². The SMILES string of the molecule is CCOC(=O)c1cnc2cc(OCCCC3CCCNC3)c(OC)cc2c1O. The number of carbonyl (C=O) groups is 1. The summed E-state index contributed by atoms with van der Waals surface area (Å²) in [4.78, 5) is 16.2. The van der Waals surface area contributed by atoms with Crippen molar-refractivity contribution in [2.24, 2.45) is 5.92 Å². The minimum atomic E-state index is -0.606. The number of rotatable bonds is 8. The summed E-state index contributed by atoms with van der Waals surface area (Å²) in [5.41, 5.74) is 0.559. The maximum Gasteiger partial charge on any atom is 0.343 e. The lowest BCUT2D eigenvalue weighted by molar-refractivity contribution is 0.0523. The van der Waals surface area contributed by atoms with Gasteiger partial charge in [0.1, 0.15) is 11.3 Å². The molecule has 0 spiro atoms. The molecule has 1 aliphatic heterocycles. The zero-order valence-electron chi connectivity index (χ0n) is 16.5. The first-order valence-electron chi connectivity index (χ1n) is 9.84. The smallest absolute Gasteiger partial charge is 0.343 e. The molecule has 1 aromatic carbocycles. The first-order valence-corrected chi connectivity index (χ1v) is 9.84. The van der Waals surface area contributed by atoms with Gasteiger partial charge in [0.05, 0.1) is 25.8 Å². The molecule has 1 saturated heterocycles. The number of piperidine rings is 1. The highest BCUT2D eigenvalue weighted by Gasteiger charge is 2.18. The second-order valence-electron chi connectivity index (χ2n) is 6.96. The van der Waals surface area contributed by atoms with Gasteiger partial charge in [-0.1, -0.05) is 0 Å². The van der Waals surface area contributed by atoms with Gasteiger partial charge in [-0.05, 0) is 57.7 Å². The molecule has 0 saturated carbocycles. The van der Waals surface area contributed by atoms with Crippen LogP contribution in [0, 0.1) is 5.92 Å². The molecule has 0 bridgehead atoms. The Kier molecular flexibility index (Phi) is 6.92. The van der Waals surface area contributed by atoms with E-state index in [-0.39, 0.29) is 17.9 Å². The van der Waals surface area contributed by atoms with Crippen LogP contribution in [0.2, 0.25) is 0 Å². The first-order chi connectivity index (χ1) is 13.6. The number of pyridine rings is 1. The van der Waals surface area contributed by atoms with E-state index in [0.29, 0.717) is 29.0 Å². The van der Waals surface area contributed by atoms with Crippen LogP contribution in [0.15, 0.2) is 18.3 Å². The van der Waals surface area contributed by atoms with Gasteiger partial charge in [-0.3, -0.25) is 4.98 Å². The van der Waals surface area contributed by atoms with Crippen LogP contribution in [-0.2, 0) is 4.74 Å². The third-order valence-corrected chi connectivity index (χ3v) is 5.03. The van der Waals surface area contributed by atoms with E-state index >= 15 is 0 Å². The number of ether oxygens (including phenoxy) is 3. The van der Waals surface area contributed by atoms with Crippen LogP contribution in [0.1, 0.15) is 43.0 Å². The molecule has 3 rings (SSSR count). The largest absolute Gasteiger partial charge is 0.506 e. The van der Waals surface area contributed by atoms with Gasteiger partial charge in [-0.15, -0.1) is 0 Å². The summed E-state index contributed by atoms with van der Waals surface area (Å²) in [6.45, 7) is 4.74. The minimum Gasteiger partial charge on any atom is -0.506 e. The predicted octanol–water partition coefficient (Wildman–Crippen LogP) is 3.28. The van der Waals surface area contributed by atoms with Gasteiger partial charge in [0.2, 0.25) is 0 Å². The van der Waals surface area contributed by atoms with Crippen LogP contribution >= 0.6 is 0 Å². The number of carbonyl (C=O) groups excluding carboxylic acids is 1. The number of aromatic hydroxyl groups is 1. The van der Waals surface area contributed by atoms with Crippen molar-refractivity contribution >= 4 is 16.9 Å². The molecule has 0 amide bonds. The monoisotopic (exact) mass is 388 g/mol. The van der Waals surface area contributed by atoms with Crippen molar-refractivity contribution in [3.8, 4) is 17.2 Å². The quantitative estimate of drug-likeness (QED) is 0.530. The number of hydrogen-bond acceptors (Lipinski definition) is 7. The van der Waals surface area contributed by atoms with Gasteiger partial charge in [-0.25, -0.2) is 4.79 Å². The standard InChI is InChI=1S/C21H28N2O5/c1-3-27-21(25)16-13-23-17-11-19(18(26-2)10-15(17)20(16)24)28-9-5-7-14-6-4-8-22-12-14/h10-11,13-14,22H,3-9,12H2,1-2H3,(H,23,24). The van der Waals surface area contributed by atoms with Crippen molar-refractivity contribution < 1.29 is 24.1 Å². The molecule has 1 aromatic heterocycles. The molecule has 28 heavy (non-hydrogen) atoms. The lowest BCUT2D eigenvalue weighted by atomic mass is 9.95. The van der Waals surface area contributed by atoms with E-state index in [9.17, 15) is 9.90 Å². The average molecular weight is 388 g/mol. The Morgan fingerprint density at radius 2 is 2.21 bits per heavy atom. The van der Waals surface area contributed by atoms with Crippen molar-refractivity contribution in [2.45, 2.75) is 32.6 Å². The molecule has 2 heterocycles. The first kappa shape index (κ1) is 20.2. The number of aromatic nitrogens is 1. The summed E-state index contributed by atoms with van der Waals surface area (Å²) >= 11 is 0. The van der Waals surface area contributed by atoms with Gasteiger partial charge in [0.25, 0.3) is 0 Å². The molecular weight excluding hydrogens is 360 g/mol. The van der Waals surface area contributed by atoms with E-state index in [4.69, 9.17) is 14.2 Å². The number of nitrogens with one attached hydrogen (secondary N) is 1. The molecule has 0 aliphatic carbocycles. The van der Waals surface area contributed by atoms with Crippen LogP contribution in [0.3, 0.4) is 0 Å². The predicted molar refractivity (Wildman–Crippen MR) is 106 cm³/mol. The molecule has 2 aromatic rings. The molecule has 152 valence electrons. The summed E-state index contributed by atoms with van der Waals surface area (Å²) in [5, 5.41) is 14.3. The zero-order chi connectivity index (χ0) is 19.9. The fraction of sp³-hybridized carbons (Fsp3) is 0.524. The van der Waals surface area contributed by atoms with Crippen LogP contribution in [0.25, 0.3) is 10.9 Å². The number of esters is 1. The van der Waals surface area contributed by atoms with Crippen molar-refractivity contribution in [3.05, 3.63) is 23.9 Å². The summed E-state index contributed by atoms with van der Waals surface area (Å²) in [6, 6.07) is 3.37. The van der Waals surface area contributed by atoms with Gasteiger partial charge < -0.3 is 24.6 Å². The van der Waals surface area contributed by atoms with Crippen LogP contribution in [0.5, 0.6) is 17.2 Å². The Morgan fingerprint density at radius 1 is 1.36 bits per heavy atom. The summed E-state index contributed by atoms with van der Waals surface area (Å²) < 4.78 is 16.3. The van der Waals surface area contributed by atoms with Crippen LogP contribution in [0.4, 0.5) is 0 Å². The molecule has 0 radical (unpaired) electrons. The van der Waals surface area contributed by atoms with Gasteiger partial charge >= 0.3 is 5.97 Å². The number of fused-ring (bicyclic) bond motifs is 1. The fourth-order valence-electron chi connectivity index (χ4n) is 3.54. The molecule has 7 nitrogen and oxygen atoms in total. The van der Waals surface area contributed by atoms with Crippen molar-refractivity contribution in [1.29, 1.82) is 0 Å². The summed E-state index contributed by atoms with van der Waals surface area (Å²) in [6.07, 6.45) is 5.94. The van der Waals surface area contributed by atoms with E-state index in [1.54, 1.807) is 26.2 Å². The second kappa shape index (κ2) is 9.59. The van der Waals surface area contributed by atoms with Crippen molar-refractivity contribution in [2.75, 3.05) is 33.4 Å². The molecule has 7 heteroatoms. The minimum absolute atomic E-state index is 0.0335. The van der Waals surface area contributed by atoms with E-state index in [1.165, 1.54) is 19.0 Å². The Bertz CT molecular complexity index is 818. The topological polar surface area (TPSA) is 89.9 Å². The maximum absolute atomic E-state index is 12.0. The van der Waals surface area contributed by atoms with Crippen LogP contribution < -0.4 is 14.8 Å². The van der Waals surface area contributed by atoms with E-state index < -0.39 is 5.97 Å². The highest BCUT2D eigenvalue weighted by atomic mass is 16.5. The molecule has 1 unspecified atom stereocenters. The molecule has 1 fully saturated rings. The Labute approximate surface area is 165 Å². The van der Waals surface area contributed by atoms with Gasteiger partial charge in [0, 0.05) is 17.6 Å². The van der Waals surface area contributed by atoms with Crippen molar-refractivity contribution in [1.82, 2.24) is 10.3 Å². The Morgan fingerprint density at radius 3 is 2.93 bits per heavy atom. The average Bonchev–Trinajstić information content (AvgIpc) is 2.72. The normalized spacial score (nSPS) is 16.7. The summed E-state index contributed by atoms with van der Waals surface area (Å²) in [7, 11) is 1.54. The van der Waals surface area contributed by atoms with E-state index in [0.717, 1.165) is 31.8 Å². The molecule has 2 N–H and O–H groups in total. The van der Waals surface area contributed by atoms with Gasteiger partial charge in [0.15, 0.2) is 11.5 Å². The van der Waals surface area contributed by atoms with Gasteiger partial charge in [-0.2, -0.15) is 0 Å². The Balaban J connectivity index is 1.72. The number of nitrogens with zero attached hydrogens (tertiary/aromatic N) is 1. The molecule has 1 atom stereocenters. The fourth-order valence-corrected chi connectivity index (χ4v) is 3.54. The third kappa shape index (κ3) is 4.65. The van der Waals surface area contributed by atoms with E-state index in [2.05, 4.69) is 10.3 Å². The van der Waals surface area contributed by atoms with Crippen LogP contribution in [-0.4, -0.2) is 49.5 Å². The number of benzene rings is 1. The highest BCUT2D eigenvalue weighted by molar-refractivity contribution is 6.00. The lowest BCUT2D eigenvalue weighted by Crippen LogP contribution is -2.29. The number of hydrogen-bond donors (Lipinski definition) is 2. The highest BCUT2D eigenvalue weighted by Crippen LogP contribution is 2.37. The molecular formula is C21H28N2O5. The molecule has 1 aliphatic rings. The zero-order valence-corrected chi connectivity index (χ0v) is 16.5. The summed E-state index contributed by atoms with van der Waals surface area (Å²) in [5.74, 6) is 1.01. The maximum atomic E-state index is 12.0. The van der Waals surface area contributed by atoms with E-state index in [1.807, 2.05) is 0 Å². The third-order valence-electron chi connectivity index (χ3n) is 5.03. The second-order valence-corrected chi connectivity index (χ2v) is 6.96. The number of methoxy groups -OCH3 is 1. The Hall–Kier alpha value is -2.54. The lowest BCUT2D eigenvalue weighted by Gasteiger charge is -2.22.